The van der Waals surface area contributed by atoms with Crippen molar-refractivity contribution in [2.75, 3.05) is 7.11 Å². The molecule has 0 aliphatic rings. The minimum Gasteiger partial charge on any atom is -0.497 e. The fourth-order valence-electron chi connectivity index (χ4n) is 2.31. The zero-order valence-corrected chi connectivity index (χ0v) is 16.3. The Labute approximate surface area is 167 Å². The van der Waals surface area contributed by atoms with Crippen molar-refractivity contribution < 1.29 is 9.53 Å². The first-order chi connectivity index (χ1) is 13.2. The van der Waals surface area contributed by atoms with E-state index in [0.717, 1.165) is 22.6 Å². The average Bonchev–Trinajstić information content (AvgIpc) is 2.72. The molecule has 5 nitrogen and oxygen atoms in total. The summed E-state index contributed by atoms with van der Waals surface area (Å²) in [7, 11) is 1.61. The molecule has 0 radical (unpaired) electrons. The van der Waals surface area contributed by atoms with Crippen LogP contribution in [-0.2, 0) is 12.3 Å². The van der Waals surface area contributed by atoms with Gasteiger partial charge < -0.3 is 10.1 Å². The quantitative estimate of drug-likeness (QED) is 0.472. The molecule has 0 bridgehead atoms. The molecule has 0 unspecified atom stereocenters. The number of thioether (sulfide) groups is 1. The summed E-state index contributed by atoms with van der Waals surface area (Å²) in [5.41, 5.74) is 2.29. The molecule has 1 heterocycles. The van der Waals surface area contributed by atoms with E-state index in [-0.39, 0.29) is 16.6 Å². The Morgan fingerprint density at radius 1 is 1.11 bits per heavy atom. The van der Waals surface area contributed by atoms with E-state index in [2.05, 4.69) is 15.3 Å². The monoisotopic (exact) mass is 399 g/mol. The van der Waals surface area contributed by atoms with Crippen molar-refractivity contribution in [3.63, 3.8) is 0 Å². The van der Waals surface area contributed by atoms with Crippen molar-refractivity contribution in [2.24, 2.45) is 0 Å². The van der Waals surface area contributed by atoms with Gasteiger partial charge in [0.05, 0.1) is 18.3 Å². The van der Waals surface area contributed by atoms with E-state index in [1.165, 1.54) is 18.0 Å². The third-order valence-electron chi connectivity index (χ3n) is 3.76. The molecular formula is C20H18ClN3O2S. The SMILES string of the molecule is COc1ccc(CNC(=O)c2nc(SCc3ccccc3)ncc2Cl)cc1. The molecule has 27 heavy (non-hydrogen) atoms. The first-order valence-electron chi connectivity index (χ1n) is 8.26. The summed E-state index contributed by atoms with van der Waals surface area (Å²) >= 11 is 7.58. The van der Waals surface area contributed by atoms with Gasteiger partial charge in [-0.2, -0.15) is 0 Å². The van der Waals surface area contributed by atoms with Gasteiger partial charge in [0.1, 0.15) is 5.75 Å². The lowest BCUT2D eigenvalue weighted by Gasteiger charge is -2.08. The van der Waals surface area contributed by atoms with E-state index in [0.29, 0.717) is 11.7 Å². The first kappa shape index (κ1) is 19.2. The van der Waals surface area contributed by atoms with Crippen LogP contribution in [0.5, 0.6) is 5.75 Å². The number of rotatable bonds is 7. The largest absolute Gasteiger partial charge is 0.497 e. The highest BCUT2D eigenvalue weighted by molar-refractivity contribution is 7.98. The molecule has 1 N–H and O–H groups in total. The van der Waals surface area contributed by atoms with Gasteiger partial charge in [-0.05, 0) is 23.3 Å². The zero-order valence-electron chi connectivity index (χ0n) is 14.7. The number of amides is 1. The number of halogens is 1. The highest BCUT2D eigenvalue weighted by atomic mass is 35.5. The number of hydrogen-bond acceptors (Lipinski definition) is 5. The maximum atomic E-state index is 12.5. The molecule has 1 aromatic heterocycles. The van der Waals surface area contributed by atoms with Gasteiger partial charge >= 0.3 is 0 Å². The van der Waals surface area contributed by atoms with Crippen molar-refractivity contribution >= 4 is 29.3 Å². The number of nitrogens with one attached hydrogen (secondary N) is 1. The summed E-state index contributed by atoms with van der Waals surface area (Å²) in [6.45, 7) is 0.371. The smallest absolute Gasteiger partial charge is 0.271 e. The fraction of sp³-hybridized carbons (Fsp3) is 0.150. The van der Waals surface area contributed by atoms with Crippen LogP contribution < -0.4 is 10.1 Å². The van der Waals surface area contributed by atoms with Gasteiger partial charge in [0.25, 0.3) is 5.91 Å². The minimum absolute atomic E-state index is 0.177. The van der Waals surface area contributed by atoms with Crippen LogP contribution in [0.15, 0.2) is 66.0 Å². The lowest BCUT2D eigenvalue weighted by molar-refractivity contribution is 0.0945. The van der Waals surface area contributed by atoms with Crippen molar-refractivity contribution in [1.29, 1.82) is 0 Å². The number of methoxy groups -OCH3 is 1. The number of benzene rings is 2. The Bertz CT molecular complexity index is 905. The van der Waals surface area contributed by atoms with Gasteiger partial charge in [-0.15, -0.1) is 0 Å². The number of aromatic nitrogens is 2. The van der Waals surface area contributed by atoms with Crippen LogP contribution in [0.2, 0.25) is 5.02 Å². The molecule has 3 aromatic rings. The fourth-order valence-corrected chi connectivity index (χ4v) is 3.26. The third kappa shape index (κ3) is 5.45. The van der Waals surface area contributed by atoms with Crippen molar-refractivity contribution in [3.05, 3.63) is 82.6 Å². The number of hydrogen-bond donors (Lipinski definition) is 1. The summed E-state index contributed by atoms with van der Waals surface area (Å²) in [6, 6.07) is 17.5. The van der Waals surface area contributed by atoms with E-state index in [4.69, 9.17) is 16.3 Å². The van der Waals surface area contributed by atoms with E-state index in [1.54, 1.807) is 7.11 Å². The number of carbonyl (C=O) groups excluding carboxylic acids is 1. The molecule has 0 aliphatic heterocycles. The number of ether oxygens (including phenoxy) is 1. The van der Waals surface area contributed by atoms with Crippen LogP contribution in [-0.4, -0.2) is 23.0 Å². The summed E-state index contributed by atoms with van der Waals surface area (Å²) in [5, 5.41) is 3.57. The molecule has 0 fully saturated rings. The summed E-state index contributed by atoms with van der Waals surface area (Å²) in [5.74, 6) is 1.15. The first-order valence-corrected chi connectivity index (χ1v) is 9.62. The van der Waals surface area contributed by atoms with Gasteiger partial charge in [-0.3, -0.25) is 4.79 Å². The molecule has 0 aliphatic carbocycles. The molecule has 2 aromatic carbocycles. The van der Waals surface area contributed by atoms with E-state index in [1.807, 2.05) is 54.6 Å². The van der Waals surface area contributed by atoms with Crippen molar-refractivity contribution in [2.45, 2.75) is 17.5 Å². The predicted molar refractivity (Wildman–Crippen MR) is 107 cm³/mol. The highest BCUT2D eigenvalue weighted by Gasteiger charge is 2.14. The van der Waals surface area contributed by atoms with Crippen LogP contribution in [0.25, 0.3) is 0 Å². The third-order valence-corrected chi connectivity index (χ3v) is 4.97. The van der Waals surface area contributed by atoms with Gasteiger partial charge in [0.2, 0.25) is 0 Å². The Hall–Kier alpha value is -2.57. The van der Waals surface area contributed by atoms with Crippen molar-refractivity contribution in [1.82, 2.24) is 15.3 Å². The summed E-state index contributed by atoms with van der Waals surface area (Å²) in [4.78, 5) is 21.0. The van der Waals surface area contributed by atoms with E-state index in [9.17, 15) is 4.79 Å². The van der Waals surface area contributed by atoms with Crippen LogP contribution >= 0.6 is 23.4 Å². The van der Waals surface area contributed by atoms with Gasteiger partial charge in [0.15, 0.2) is 10.9 Å². The van der Waals surface area contributed by atoms with E-state index >= 15 is 0 Å². The molecule has 0 saturated heterocycles. The minimum atomic E-state index is -0.334. The molecule has 0 atom stereocenters. The topological polar surface area (TPSA) is 64.1 Å². The second-order valence-corrected chi connectivity index (χ2v) is 7.00. The van der Waals surface area contributed by atoms with Crippen LogP contribution in [0.4, 0.5) is 0 Å². The molecular weight excluding hydrogens is 382 g/mol. The molecule has 3 rings (SSSR count). The Morgan fingerprint density at radius 3 is 2.56 bits per heavy atom. The second-order valence-electron chi connectivity index (χ2n) is 5.65. The second kappa shape index (κ2) is 9.39. The van der Waals surface area contributed by atoms with Crippen LogP contribution in [0.1, 0.15) is 21.6 Å². The normalized spacial score (nSPS) is 10.4. The summed E-state index contributed by atoms with van der Waals surface area (Å²) in [6.07, 6.45) is 1.46. The van der Waals surface area contributed by atoms with Crippen LogP contribution in [0.3, 0.4) is 0 Å². The van der Waals surface area contributed by atoms with Gasteiger partial charge in [-0.1, -0.05) is 65.8 Å². The number of carbonyl (C=O) groups is 1. The van der Waals surface area contributed by atoms with Gasteiger partial charge in [0, 0.05) is 12.3 Å². The van der Waals surface area contributed by atoms with Crippen molar-refractivity contribution in [3.8, 4) is 5.75 Å². The Morgan fingerprint density at radius 2 is 1.85 bits per heavy atom. The molecule has 138 valence electrons. The Kier molecular flexibility index (Phi) is 6.68. The lowest BCUT2D eigenvalue weighted by atomic mass is 10.2. The molecule has 0 saturated carbocycles. The highest BCUT2D eigenvalue weighted by Crippen LogP contribution is 2.22. The van der Waals surface area contributed by atoms with Gasteiger partial charge in [-0.25, -0.2) is 9.97 Å². The number of nitrogens with zero attached hydrogens (tertiary/aromatic N) is 2. The summed E-state index contributed by atoms with van der Waals surface area (Å²) < 4.78 is 5.12. The molecule has 7 heteroatoms. The molecule has 1 amide bonds. The maximum Gasteiger partial charge on any atom is 0.271 e. The standard InChI is InChI=1S/C20H18ClN3O2S/c1-26-16-9-7-14(8-10-16)11-22-19(25)18-17(21)12-23-20(24-18)27-13-15-5-3-2-4-6-15/h2-10,12H,11,13H2,1H3,(H,22,25). The zero-order chi connectivity index (χ0) is 19.1. The average molecular weight is 400 g/mol. The molecule has 0 spiro atoms. The maximum absolute atomic E-state index is 12.5. The Balaban J connectivity index is 1.62. The van der Waals surface area contributed by atoms with E-state index < -0.39 is 0 Å². The predicted octanol–water partition coefficient (Wildman–Crippen LogP) is 4.36. The van der Waals surface area contributed by atoms with Crippen LogP contribution in [0, 0.1) is 0 Å². The lowest BCUT2D eigenvalue weighted by Crippen LogP contribution is -2.24.